The number of anilines is 1. The zero-order valence-electron chi connectivity index (χ0n) is 14.3. The molecule has 0 saturated carbocycles. The summed E-state index contributed by atoms with van der Waals surface area (Å²) in [7, 11) is 0. The molecule has 0 bridgehead atoms. The van der Waals surface area contributed by atoms with Gasteiger partial charge in [-0.25, -0.2) is 0 Å². The molecule has 128 valence electrons. The summed E-state index contributed by atoms with van der Waals surface area (Å²) in [6.45, 7) is 3.82. The maximum Gasteiger partial charge on any atom is 0.264 e. The summed E-state index contributed by atoms with van der Waals surface area (Å²) in [5.74, 6) is -0.882. The first kappa shape index (κ1) is 17.1. The third-order valence-corrected chi connectivity index (χ3v) is 4.72. The second-order valence-corrected chi connectivity index (χ2v) is 6.48. The Morgan fingerprint density at radius 1 is 1.16 bits per heavy atom. The van der Waals surface area contributed by atoms with Crippen LogP contribution in [0, 0.1) is 5.92 Å². The molecule has 2 aromatic rings. The average Bonchev–Trinajstić information content (AvgIpc) is 2.85. The van der Waals surface area contributed by atoms with E-state index < -0.39 is 11.5 Å². The Kier molecular flexibility index (Phi) is 4.55. The molecule has 2 atom stereocenters. The highest BCUT2D eigenvalue weighted by atomic mass is 16.3. The Morgan fingerprint density at radius 2 is 1.80 bits per heavy atom. The van der Waals surface area contributed by atoms with Gasteiger partial charge in [0.05, 0.1) is 12.2 Å². The lowest BCUT2D eigenvalue weighted by Gasteiger charge is -2.28. The summed E-state index contributed by atoms with van der Waals surface area (Å²) in [5, 5.41) is 11.3. The third kappa shape index (κ3) is 2.89. The van der Waals surface area contributed by atoms with Crippen molar-refractivity contribution in [1.29, 1.82) is 0 Å². The van der Waals surface area contributed by atoms with Gasteiger partial charge in [0.15, 0.2) is 5.60 Å². The van der Waals surface area contributed by atoms with Crippen LogP contribution in [0.5, 0.6) is 0 Å². The highest BCUT2D eigenvalue weighted by molar-refractivity contribution is 6.07. The Balaban J connectivity index is 2.04. The van der Waals surface area contributed by atoms with Crippen LogP contribution in [0.15, 0.2) is 66.2 Å². The minimum absolute atomic E-state index is 0.361. The number of para-hydroxylation sites is 1. The Morgan fingerprint density at radius 3 is 2.48 bits per heavy atom. The van der Waals surface area contributed by atoms with Crippen LogP contribution in [-0.2, 0) is 21.7 Å². The predicted molar refractivity (Wildman–Crippen MR) is 97.0 cm³/mol. The molecule has 4 nitrogen and oxygen atoms in total. The molecule has 0 aromatic heterocycles. The van der Waals surface area contributed by atoms with Crippen molar-refractivity contribution in [2.45, 2.75) is 26.0 Å². The molecule has 25 heavy (non-hydrogen) atoms. The molecule has 0 saturated heterocycles. The van der Waals surface area contributed by atoms with Crippen LogP contribution in [0.1, 0.15) is 25.0 Å². The number of amides is 1. The fraction of sp³-hybridized carbons (Fsp3) is 0.238. The van der Waals surface area contributed by atoms with Crippen LogP contribution in [-0.4, -0.2) is 17.3 Å². The number of aldehydes is 1. The number of hydrogen-bond acceptors (Lipinski definition) is 3. The quantitative estimate of drug-likeness (QED) is 0.674. The van der Waals surface area contributed by atoms with E-state index in [1.165, 1.54) is 0 Å². The first-order valence-electron chi connectivity index (χ1n) is 8.30. The van der Waals surface area contributed by atoms with Crippen molar-refractivity contribution in [3.63, 3.8) is 0 Å². The number of hydrogen-bond donors (Lipinski definition) is 1. The average molecular weight is 335 g/mol. The first-order valence-corrected chi connectivity index (χ1v) is 8.30. The number of carbonyl (C=O) groups is 2. The molecular formula is C21H21NO3. The van der Waals surface area contributed by atoms with Crippen molar-refractivity contribution in [1.82, 2.24) is 0 Å². The number of aliphatic hydroxyl groups is 1. The minimum atomic E-state index is -1.67. The number of allylic oxidation sites excluding steroid dienone is 1. The van der Waals surface area contributed by atoms with Crippen molar-refractivity contribution >= 4 is 17.9 Å². The van der Waals surface area contributed by atoms with Crippen LogP contribution >= 0.6 is 0 Å². The number of fused-ring (bicyclic) bond motifs is 1. The van der Waals surface area contributed by atoms with E-state index in [0.717, 1.165) is 11.8 Å². The molecule has 1 aliphatic heterocycles. The van der Waals surface area contributed by atoms with Gasteiger partial charge < -0.3 is 10.0 Å². The zero-order valence-corrected chi connectivity index (χ0v) is 14.3. The first-order chi connectivity index (χ1) is 12.0. The van der Waals surface area contributed by atoms with E-state index in [2.05, 4.69) is 0 Å². The van der Waals surface area contributed by atoms with Gasteiger partial charge in [-0.2, -0.15) is 0 Å². The maximum absolute atomic E-state index is 13.2. The summed E-state index contributed by atoms with van der Waals surface area (Å²) in [6, 6.07) is 17.0. The number of rotatable bonds is 5. The van der Waals surface area contributed by atoms with E-state index in [9.17, 15) is 14.7 Å². The molecule has 0 aliphatic carbocycles. The molecule has 2 aromatic carbocycles. The SMILES string of the molecule is C/C(C=O)=C/C(C)[C@]1(O)C(=O)N(Cc2ccccc2)c2ccccc21. The Labute approximate surface area is 147 Å². The highest BCUT2D eigenvalue weighted by Gasteiger charge is 2.52. The van der Waals surface area contributed by atoms with E-state index >= 15 is 0 Å². The highest BCUT2D eigenvalue weighted by Crippen LogP contribution is 2.45. The van der Waals surface area contributed by atoms with Gasteiger partial charge in [-0.15, -0.1) is 0 Å². The smallest absolute Gasteiger partial charge is 0.264 e. The monoisotopic (exact) mass is 335 g/mol. The van der Waals surface area contributed by atoms with Crippen LogP contribution in [0.2, 0.25) is 0 Å². The van der Waals surface area contributed by atoms with Crippen LogP contribution in [0.3, 0.4) is 0 Å². The fourth-order valence-electron chi connectivity index (χ4n) is 3.38. The van der Waals surface area contributed by atoms with Gasteiger partial charge in [0.2, 0.25) is 0 Å². The molecule has 0 fully saturated rings. The van der Waals surface area contributed by atoms with Gasteiger partial charge >= 0.3 is 0 Å². The molecule has 1 unspecified atom stereocenters. The number of nitrogens with zero attached hydrogens (tertiary/aromatic N) is 1. The van der Waals surface area contributed by atoms with Gasteiger partial charge in [-0.3, -0.25) is 9.59 Å². The van der Waals surface area contributed by atoms with Crippen LogP contribution in [0.4, 0.5) is 5.69 Å². The minimum Gasteiger partial charge on any atom is -0.375 e. The summed E-state index contributed by atoms with van der Waals surface area (Å²) in [6.07, 6.45) is 2.38. The zero-order chi connectivity index (χ0) is 18.0. The summed E-state index contributed by atoms with van der Waals surface area (Å²) < 4.78 is 0. The normalized spacial score (nSPS) is 21.2. The number of carbonyl (C=O) groups excluding carboxylic acids is 2. The molecule has 3 rings (SSSR count). The lowest BCUT2D eigenvalue weighted by atomic mass is 9.82. The predicted octanol–water partition coefficient (Wildman–Crippen LogP) is 3.20. The van der Waals surface area contributed by atoms with Crippen molar-refractivity contribution in [2.24, 2.45) is 5.92 Å². The van der Waals surface area contributed by atoms with Crippen molar-refractivity contribution in [3.05, 3.63) is 77.4 Å². The van der Waals surface area contributed by atoms with Gasteiger partial charge in [0.1, 0.15) is 6.29 Å². The molecule has 0 radical (unpaired) electrons. The molecule has 1 heterocycles. The van der Waals surface area contributed by atoms with Crippen molar-refractivity contribution < 1.29 is 14.7 Å². The standard InChI is InChI=1S/C21H21NO3/c1-15(14-23)12-16(2)21(25)18-10-6-7-11-19(18)22(20(21)24)13-17-8-4-3-5-9-17/h3-12,14,16,25H,13H2,1-2H3/b15-12-/t16?,21-/m1/s1. The second-order valence-electron chi connectivity index (χ2n) is 6.48. The third-order valence-electron chi connectivity index (χ3n) is 4.72. The van der Waals surface area contributed by atoms with Gasteiger partial charge in [-0.1, -0.05) is 61.5 Å². The molecule has 4 heteroatoms. The van der Waals surface area contributed by atoms with E-state index in [-0.39, 0.29) is 5.91 Å². The van der Waals surface area contributed by atoms with Gasteiger partial charge in [0, 0.05) is 11.5 Å². The van der Waals surface area contributed by atoms with Crippen LogP contribution in [0.25, 0.3) is 0 Å². The topological polar surface area (TPSA) is 57.6 Å². The summed E-state index contributed by atoms with van der Waals surface area (Å²) in [4.78, 5) is 25.7. The van der Waals surface area contributed by atoms with E-state index in [1.54, 1.807) is 30.9 Å². The largest absolute Gasteiger partial charge is 0.375 e. The van der Waals surface area contributed by atoms with Crippen LogP contribution < -0.4 is 4.90 Å². The molecule has 1 amide bonds. The lowest BCUT2D eigenvalue weighted by molar-refractivity contribution is -0.139. The van der Waals surface area contributed by atoms with E-state index in [0.29, 0.717) is 23.4 Å². The molecule has 0 spiro atoms. The van der Waals surface area contributed by atoms with E-state index in [1.807, 2.05) is 48.5 Å². The van der Waals surface area contributed by atoms with Gasteiger partial charge in [0.25, 0.3) is 5.91 Å². The second kappa shape index (κ2) is 6.65. The summed E-state index contributed by atoms with van der Waals surface area (Å²) in [5.41, 5.74) is 1.10. The lowest BCUT2D eigenvalue weighted by Crippen LogP contribution is -2.44. The summed E-state index contributed by atoms with van der Waals surface area (Å²) >= 11 is 0. The fourth-order valence-corrected chi connectivity index (χ4v) is 3.38. The van der Waals surface area contributed by atoms with Gasteiger partial charge in [-0.05, 0) is 24.1 Å². The Bertz CT molecular complexity index is 828. The Hall–Kier alpha value is -2.72. The van der Waals surface area contributed by atoms with Crippen molar-refractivity contribution in [2.75, 3.05) is 4.90 Å². The molecular weight excluding hydrogens is 314 g/mol. The van der Waals surface area contributed by atoms with Crippen molar-refractivity contribution in [3.8, 4) is 0 Å². The molecule has 1 N–H and O–H groups in total. The van der Waals surface area contributed by atoms with E-state index in [4.69, 9.17) is 0 Å². The molecule has 1 aliphatic rings. The number of benzene rings is 2. The maximum atomic E-state index is 13.2.